The van der Waals surface area contributed by atoms with Crippen LogP contribution in [0.5, 0.6) is 5.75 Å². The number of nitriles is 1. The molecule has 0 spiro atoms. The molecule has 4 N–H and O–H groups in total. The van der Waals surface area contributed by atoms with Crippen molar-refractivity contribution < 1.29 is 19.1 Å². The number of aromatic nitrogens is 1. The maximum atomic E-state index is 12.8. The molecule has 2 heterocycles. The molecule has 3 rings (SSSR count). The third-order valence-corrected chi connectivity index (χ3v) is 5.48. The van der Waals surface area contributed by atoms with E-state index in [1.807, 2.05) is 32.0 Å². The van der Waals surface area contributed by atoms with Crippen LogP contribution in [0.15, 0.2) is 24.3 Å². The van der Waals surface area contributed by atoms with E-state index in [2.05, 4.69) is 20.9 Å². The molecule has 1 aromatic carbocycles. The molecule has 2 aromatic rings. The van der Waals surface area contributed by atoms with Gasteiger partial charge in [0.1, 0.15) is 23.5 Å². The largest absolute Gasteiger partial charge is 0.496 e. The molecule has 1 aromatic heterocycles. The van der Waals surface area contributed by atoms with Gasteiger partial charge in [0.05, 0.1) is 13.2 Å². The van der Waals surface area contributed by atoms with E-state index in [1.165, 1.54) is 0 Å². The zero-order chi connectivity index (χ0) is 22.5. The smallest absolute Gasteiger partial charge is 0.268 e. The van der Waals surface area contributed by atoms with Gasteiger partial charge in [-0.3, -0.25) is 14.4 Å². The van der Waals surface area contributed by atoms with Crippen LogP contribution < -0.4 is 20.7 Å². The number of aromatic amines is 1. The molecule has 9 nitrogen and oxygen atoms in total. The van der Waals surface area contributed by atoms with Gasteiger partial charge >= 0.3 is 0 Å². The Hall–Kier alpha value is -3.54. The Labute approximate surface area is 180 Å². The molecule has 0 unspecified atom stereocenters. The lowest BCUT2D eigenvalue weighted by Crippen LogP contribution is -2.52. The number of hydrogen-bond donors (Lipinski definition) is 4. The lowest BCUT2D eigenvalue weighted by Gasteiger charge is -2.23. The average molecular weight is 425 g/mol. The van der Waals surface area contributed by atoms with Crippen molar-refractivity contribution in [2.45, 2.75) is 38.8 Å². The van der Waals surface area contributed by atoms with Crippen LogP contribution >= 0.6 is 0 Å². The fourth-order valence-electron chi connectivity index (χ4n) is 3.74. The molecule has 164 valence electrons. The normalized spacial score (nSPS) is 17.6. The number of rotatable bonds is 8. The van der Waals surface area contributed by atoms with E-state index in [4.69, 9.17) is 4.74 Å². The Bertz CT molecular complexity index is 1020. The van der Waals surface area contributed by atoms with Crippen LogP contribution in [0.25, 0.3) is 10.9 Å². The molecule has 9 heteroatoms. The Balaban J connectivity index is 1.69. The van der Waals surface area contributed by atoms with Crippen molar-refractivity contribution in [1.82, 2.24) is 20.9 Å². The maximum Gasteiger partial charge on any atom is 0.268 e. The number of fused-ring (bicyclic) bond motifs is 1. The average Bonchev–Trinajstić information content (AvgIpc) is 3.36. The number of methoxy groups -OCH3 is 1. The van der Waals surface area contributed by atoms with Gasteiger partial charge in [0, 0.05) is 23.4 Å². The SMILES string of the molecule is COc1cccc2[nH]c(C(=O)N[C@H](C(=O)N[C@H](C#N)C[C@@H]3CCNC3=O)C(C)C)cc12. The molecule has 31 heavy (non-hydrogen) atoms. The van der Waals surface area contributed by atoms with E-state index in [0.29, 0.717) is 24.4 Å². The second kappa shape index (κ2) is 9.51. The van der Waals surface area contributed by atoms with Crippen molar-refractivity contribution in [3.05, 3.63) is 30.0 Å². The highest BCUT2D eigenvalue weighted by molar-refractivity contribution is 6.01. The van der Waals surface area contributed by atoms with Gasteiger partial charge in [-0.25, -0.2) is 0 Å². The van der Waals surface area contributed by atoms with E-state index >= 15 is 0 Å². The number of H-pyrrole nitrogens is 1. The summed E-state index contributed by atoms with van der Waals surface area (Å²) < 4.78 is 5.32. The minimum Gasteiger partial charge on any atom is -0.496 e. The fourth-order valence-corrected chi connectivity index (χ4v) is 3.74. The topological polar surface area (TPSA) is 136 Å². The first-order chi connectivity index (χ1) is 14.8. The number of carbonyl (C=O) groups is 3. The van der Waals surface area contributed by atoms with Crippen LogP contribution in [0.3, 0.4) is 0 Å². The van der Waals surface area contributed by atoms with Crippen LogP contribution in [0.2, 0.25) is 0 Å². The zero-order valence-corrected chi connectivity index (χ0v) is 17.8. The first kappa shape index (κ1) is 22.2. The molecule has 1 aliphatic rings. The number of ether oxygens (including phenoxy) is 1. The highest BCUT2D eigenvalue weighted by Gasteiger charge is 2.31. The summed E-state index contributed by atoms with van der Waals surface area (Å²) in [6.07, 6.45) is 0.885. The molecule has 3 amide bonds. The molecule has 0 saturated carbocycles. The Morgan fingerprint density at radius 2 is 2.10 bits per heavy atom. The van der Waals surface area contributed by atoms with Crippen LogP contribution in [0, 0.1) is 23.2 Å². The number of nitrogens with zero attached hydrogens (tertiary/aromatic N) is 1. The van der Waals surface area contributed by atoms with Gasteiger partial charge < -0.3 is 25.7 Å². The summed E-state index contributed by atoms with van der Waals surface area (Å²) >= 11 is 0. The lowest BCUT2D eigenvalue weighted by atomic mass is 9.97. The molecule has 1 saturated heterocycles. The fraction of sp³-hybridized carbons (Fsp3) is 0.455. The zero-order valence-electron chi connectivity index (χ0n) is 17.8. The predicted octanol–water partition coefficient (Wildman–Crippen LogP) is 1.47. The van der Waals surface area contributed by atoms with Crippen molar-refractivity contribution in [2.75, 3.05) is 13.7 Å². The van der Waals surface area contributed by atoms with Crippen molar-refractivity contribution in [2.24, 2.45) is 11.8 Å². The predicted molar refractivity (Wildman–Crippen MR) is 114 cm³/mol. The molecule has 0 bridgehead atoms. The van der Waals surface area contributed by atoms with Gasteiger partial charge in [-0.1, -0.05) is 19.9 Å². The summed E-state index contributed by atoms with van der Waals surface area (Å²) in [5.74, 6) is -0.857. The van der Waals surface area contributed by atoms with Gasteiger partial charge in [-0.05, 0) is 37.0 Å². The molecule has 1 aliphatic heterocycles. The molecule has 0 radical (unpaired) electrons. The molecular weight excluding hydrogens is 398 g/mol. The standard InChI is InChI=1S/C22H27N5O4/c1-12(2)19(22(30)25-14(11-23)9-13-7-8-24-20(13)28)27-21(29)17-10-15-16(26-17)5-4-6-18(15)31-3/h4-6,10,12-14,19,26H,7-9H2,1-3H3,(H,24,28)(H,25,30)(H,27,29)/t13-,14-,19-/m0/s1. The maximum absolute atomic E-state index is 12.8. The second-order valence-corrected chi connectivity index (χ2v) is 8.00. The Morgan fingerprint density at radius 1 is 1.32 bits per heavy atom. The van der Waals surface area contributed by atoms with Gasteiger partial charge in [0.15, 0.2) is 0 Å². The third kappa shape index (κ3) is 4.97. The summed E-state index contributed by atoms with van der Waals surface area (Å²) in [6, 6.07) is 7.52. The lowest BCUT2D eigenvalue weighted by molar-refractivity contribution is -0.125. The van der Waals surface area contributed by atoms with E-state index in [0.717, 1.165) is 10.9 Å². The second-order valence-electron chi connectivity index (χ2n) is 8.00. The summed E-state index contributed by atoms with van der Waals surface area (Å²) in [4.78, 5) is 40.5. The van der Waals surface area contributed by atoms with E-state index < -0.39 is 23.9 Å². The molecular formula is C22H27N5O4. The van der Waals surface area contributed by atoms with Crippen LogP contribution in [0.4, 0.5) is 0 Å². The first-order valence-corrected chi connectivity index (χ1v) is 10.3. The van der Waals surface area contributed by atoms with Crippen molar-refractivity contribution in [1.29, 1.82) is 5.26 Å². The van der Waals surface area contributed by atoms with Gasteiger partial charge in [-0.2, -0.15) is 5.26 Å². The number of benzene rings is 1. The number of hydrogen-bond acceptors (Lipinski definition) is 5. The van der Waals surface area contributed by atoms with Gasteiger partial charge in [0.25, 0.3) is 5.91 Å². The molecule has 1 fully saturated rings. The number of amides is 3. The minimum atomic E-state index is -0.839. The van der Waals surface area contributed by atoms with Crippen LogP contribution in [-0.2, 0) is 9.59 Å². The van der Waals surface area contributed by atoms with E-state index in [9.17, 15) is 19.6 Å². The Kier molecular flexibility index (Phi) is 6.80. The number of nitrogens with one attached hydrogen (secondary N) is 4. The van der Waals surface area contributed by atoms with Crippen molar-refractivity contribution in [3.8, 4) is 11.8 Å². The van der Waals surface area contributed by atoms with Gasteiger partial charge in [0.2, 0.25) is 11.8 Å². The molecule has 3 atom stereocenters. The number of carbonyl (C=O) groups excluding carboxylic acids is 3. The van der Waals surface area contributed by atoms with Crippen molar-refractivity contribution in [3.63, 3.8) is 0 Å². The summed E-state index contributed by atoms with van der Waals surface area (Å²) in [5.41, 5.74) is 1.05. The summed E-state index contributed by atoms with van der Waals surface area (Å²) in [6.45, 7) is 4.20. The van der Waals surface area contributed by atoms with Crippen LogP contribution in [-0.4, -0.2) is 48.4 Å². The van der Waals surface area contributed by atoms with Crippen LogP contribution in [0.1, 0.15) is 37.2 Å². The third-order valence-electron chi connectivity index (χ3n) is 5.48. The highest BCUT2D eigenvalue weighted by atomic mass is 16.5. The Morgan fingerprint density at radius 3 is 2.71 bits per heavy atom. The van der Waals surface area contributed by atoms with Gasteiger partial charge in [-0.15, -0.1) is 0 Å². The highest BCUT2D eigenvalue weighted by Crippen LogP contribution is 2.26. The quantitative estimate of drug-likeness (QED) is 0.508. The molecule has 0 aliphatic carbocycles. The van der Waals surface area contributed by atoms with E-state index in [1.54, 1.807) is 19.2 Å². The minimum absolute atomic E-state index is 0.0996. The first-order valence-electron chi connectivity index (χ1n) is 10.3. The summed E-state index contributed by atoms with van der Waals surface area (Å²) in [5, 5.41) is 18.3. The van der Waals surface area contributed by atoms with Crippen molar-refractivity contribution >= 4 is 28.6 Å². The summed E-state index contributed by atoms with van der Waals surface area (Å²) in [7, 11) is 1.56. The monoisotopic (exact) mass is 425 g/mol. The van der Waals surface area contributed by atoms with E-state index in [-0.39, 0.29) is 24.2 Å².